The number of aliphatic hydroxyl groups is 1. The molecule has 1 amide bonds. The van der Waals surface area contributed by atoms with Crippen LogP contribution in [0.3, 0.4) is 0 Å². The molecule has 4 nitrogen and oxygen atoms in total. The summed E-state index contributed by atoms with van der Waals surface area (Å²) in [4.78, 5) is 11.4. The van der Waals surface area contributed by atoms with Crippen LogP contribution in [0.1, 0.15) is 24.5 Å². The second kappa shape index (κ2) is 7.01. The summed E-state index contributed by atoms with van der Waals surface area (Å²) in [6, 6.07) is 5.65. The van der Waals surface area contributed by atoms with Crippen molar-refractivity contribution in [3.63, 3.8) is 0 Å². The van der Waals surface area contributed by atoms with Crippen LogP contribution < -0.4 is 10.1 Å². The fourth-order valence-electron chi connectivity index (χ4n) is 1.46. The van der Waals surface area contributed by atoms with Crippen molar-refractivity contribution in [2.45, 2.75) is 33.2 Å². The van der Waals surface area contributed by atoms with E-state index in [1.54, 1.807) is 6.92 Å². The van der Waals surface area contributed by atoms with Gasteiger partial charge in [-0.2, -0.15) is 0 Å². The molecule has 1 aromatic rings. The largest absolute Gasteiger partial charge is 0.493 e. The lowest BCUT2D eigenvalue weighted by molar-refractivity contribution is -0.122. The number of ether oxygens (including phenoxy) is 1. The SMILES string of the molecule is Cc1ccc(OCCC(=O)N[C@H](C)CO)cc1C. The minimum Gasteiger partial charge on any atom is -0.493 e. The summed E-state index contributed by atoms with van der Waals surface area (Å²) in [6.45, 7) is 6.11. The second-order valence-electron chi connectivity index (χ2n) is 4.50. The summed E-state index contributed by atoms with van der Waals surface area (Å²) in [5.74, 6) is 0.668. The van der Waals surface area contributed by atoms with Gasteiger partial charge < -0.3 is 15.2 Å². The van der Waals surface area contributed by atoms with Crippen molar-refractivity contribution in [1.82, 2.24) is 5.32 Å². The van der Waals surface area contributed by atoms with E-state index in [1.165, 1.54) is 11.1 Å². The van der Waals surface area contributed by atoms with Gasteiger partial charge in [0, 0.05) is 6.04 Å². The molecule has 0 aliphatic carbocycles. The van der Waals surface area contributed by atoms with Gasteiger partial charge >= 0.3 is 0 Å². The van der Waals surface area contributed by atoms with Crippen LogP contribution in [-0.2, 0) is 4.79 Å². The van der Waals surface area contributed by atoms with E-state index in [4.69, 9.17) is 9.84 Å². The molecule has 1 rings (SSSR count). The molecule has 18 heavy (non-hydrogen) atoms. The van der Waals surface area contributed by atoms with Crippen molar-refractivity contribution >= 4 is 5.91 Å². The van der Waals surface area contributed by atoms with Crippen molar-refractivity contribution in [2.24, 2.45) is 0 Å². The van der Waals surface area contributed by atoms with E-state index in [0.29, 0.717) is 6.61 Å². The highest BCUT2D eigenvalue weighted by Crippen LogP contribution is 2.16. The highest BCUT2D eigenvalue weighted by atomic mass is 16.5. The lowest BCUT2D eigenvalue weighted by Crippen LogP contribution is -2.35. The number of hydrogen-bond acceptors (Lipinski definition) is 3. The minimum atomic E-state index is -0.209. The van der Waals surface area contributed by atoms with E-state index >= 15 is 0 Å². The Morgan fingerprint density at radius 3 is 2.72 bits per heavy atom. The van der Waals surface area contributed by atoms with E-state index in [-0.39, 0.29) is 25.0 Å². The molecule has 100 valence electrons. The summed E-state index contributed by atoms with van der Waals surface area (Å²) in [7, 11) is 0. The van der Waals surface area contributed by atoms with Gasteiger partial charge in [-0.15, -0.1) is 0 Å². The van der Waals surface area contributed by atoms with E-state index in [2.05, 4.69) is 5.32 Å². The van der Waals surface area contributed by atoms with Crippen LogP contribution in [0.2, 0.25) is 0 Å². The lowest BCUT2D eigenvalue weighted by atomic mass is 10.1. The molecule has 4 heteroatoms. The average Bonchev–Trinajstić information content (AvgIpc) is 2.33. The Bertz CT molecular complexity index is 404. The number of carbonyl (C=O) groups excluding carboxylic acids is 1. The zero-order valence-electron chi connectivity index (χ0n) is 11.2. The van der Waals surface area contributed by atoms with Gasteiger partial charge in [0.1, 0.15) is 5.75 Å². The Morgan fingerprint density at radius 1 is 1.39 bits per heavy atom. The van der Waals surface area contributed by atoms with Crippen molar-refractivity contribution in [2.75, 3.05) is 13.2 Å². The molecule has 0 saturated carbocycles. The molecule has 0 fully saturated rings. The molecule has 0 radical (unpaired) electrons. The van der Waals surface area contributed by atoms with Gasteiger partial charge in [-0.3, -0.25) is 4.79 Å². The number of aryl methyl sites for hydroxylation is 2. The summed E-state index contributed by atoms with van der Waals surface area (Å²) in [5, 5.41) is 11.5. The predicted molar refractivity (Wildman–Crippen MR) is 70.7 cm³/mol. The smallest absolute Gasteiger partial charge is 0.223 e. The first-order valence-corrected chi connectivity index (χ1v) is 6.13. The summed E-state index contributed by atoms with van der Waals surface area (Å²) >= 11 is 0. The number of amides is 1. The summed E-state index contributed by atoms with van der Waals surface area (Å²) < 4.78 is 5.50. The van der Waals surface area contributed by atoms with Gasteiger partial charge in [-0.25, -0.2) is 0 Å². The van der Waals surface area contributed by atoms with Crippen LogP contribution >= 0.6 is 0 Å². The first kappa shape index (κ1) is 14.5. The Kier molecular flexibility index (Phi) is 5.65. The summed E-state index contributed by atoms with van der Waals surface area (Å²) in [5.41, 5.74) is 2.39. The highest BCUT2D eigenvalue weighted by molar-refractivity contribution is 5.76. The number of aliphatic hydroxyl groups excluding tert-OH is 1. The monoisotopic (exact) mass is 251 g/mol. The standard InChI is InChI=1S/C14H21NO3/c1-10-4-5-13(8-11(10)2)18-7-6-14(17)15-12(3)9-16/h4-5,8,12,16H,6-7,9H2,1-3H3,(H,15,17)/t12-/m1/s1. The molecule has 1 aromatic carbocycles. The number of nitrogens with one attached hydrogen (secondary N) is 1. The van der Waals surface area contributed by atoms with Gasteiger partial charge in [-0.05, 0) is 44.0 Å². The van der Waals surface area contributed by atoms with E-state index in [9.17, 15) is 4.79 Å². The highest BCUT2D eigenvalue weighted by Gasteiger charge is 2.06. The maximum Gasteiger partial charge on any atom is 0.223 e. The average molecular weight is 251 g/mol. The predicted octanol–water partition coefficient (Wildman–Crippen LogP) is 1.57. The Balaban J connectivity index is 2.33. The van der Waals surface area contributed by atoms with Gasteiger partial charge in [0.25, 0.3) is 0 Å². The first-order valence-electron chi connectivity index (χ1n) is 6.13. The van der Waals surface area contributed by atoms with Gasteiger partial charge in [0.15, 0.2) is 0 Å². The number of hydrogen-bond donors (Lipinski definition) is 2. The van der Waals surface area contributed by atoms with Crippen molar-refractivity contribution in [3.8, 4) is 5.75 Å². The quantitative estimate of drug-likeness (QED) is 0.807. The third kappa shape index (κ3) is 4.75. The van der Waals surface area contributed by atoms with Gasteiger partial charge in [-0.1, -0.05) is 6.07 Å². The third-order valence-electron chi connectivity index (χ3n) is 2.76. The van der Waals surface area contributed by atoms with E-state index < -0.39 is 0 Å². The molecule has 0 unspecified atom stereocenters. The molecule has 0 spiro atoms. The molecule has 0 aliphatic heterocycles. The van der Waals surface area contributed by atoms with Crippen LogP contribution in [0.25, 0.3) is 0 Å². The number of carbonyl (C=O) groups is 1. The first-order chi connectivity index (χ1) is 8.52. The molecule has 2 N–H and O–H groups in total. The Morgan fingerprint density at radius 2 is 2.11 bits per heavy atom. The van der Waals surface area contributed by atoms with Crippen LogP contribution in [0.4, 0.5) is 0 Å². The summed E-state index contributed by atoms with van der Waals surface area (Å²) in [6.07, 6.45) is 0.289. The maximum absolute atomic E-state index is 11.4. The van der Waals surface area contributed by atoms with Gasteiger partial charge in [0.05, 0.1) is 19.6 Å². The molecule has 0 heterocycles. The van der Waals surface area contributed by atoms with Gasteiger partial charge in [0.2, 0.25) is 5.91 Å². The van der Waals surface area contributed by atoms with E-state index in [1.807, 2.05) is 32.0 Å². The third-order valence-corrected chi connectivity index (χ3v) is 2.76. The van der Waals surface area contributed by atoms with Crippen molar-refractivity contribution in [1.29, 1.82) is 0 Å². The molecule has 0 aromatic heterocycles. The molecular weight excluding hydrogens is 230 g/mol. The van der Waals surface area contributed by atoms with E-state index in [0.717, 1.165) is 5.75 Å². The molecule has 0 saturated heterocycles. The normalized spacial score (nSPS) is 12.0. The van der Waals surface area contributed by atoms with Crippen LogP contribution in [0.15, 0.2) is 18.2 Å². The Labute approximate surface area is 108 Å². The zero-order chi connectivity index (χ0) is 13.5. The van der Waals surface area contributed by atoms with Crippen LogP contribution in [0, 0.1) is 13.8 Å². The van der Waals surface area contributed by atoms with Crippen LogP contribution in [0.5, 0.6) is 5.75 Å². The number of benzene rings is 1. The molecular formula is C14H21NO3. The number of rotatable bonds is 6. The molecule has 1 atom stereocenters. The molecule has 0 bridgehead atoms. The Hall–Kier alpha value is -1.55. The van der Waals surface area contributed by atoms with Crippen molar-refractivity contribution in [3.05, 3.63) is 29.3 Å². The zero-order valence-corrected chi connectivity index (χ0v) is 11.2. The minimum absolute atomic E-state index is 0.0518. The second-order valence-corrected chi connectivity index (χ2v) is 4.50. The maximum atomic E-state index is 11.4. The van der Waals surface area contributed by atoms with Crippen molar-refractivity contribution < 1.29 is 14.6 Å². The molecule has 0 aliphatic rings. The topological polar surface area (TPSA) is 58.6 Å². The fourth-order valence-corrected chi connectivity index (χ4v) is 1.46. The fraction of sp³-hybridized carbons (Fsp3) is 0.500. The van der Waals surface area contributed by atoms with Crippen LogP contribution in [-0.4, -0.2) is 30.3 Å². The lowest BCUT2D eigenvalue weighted by Gasteiger charge is -2.11.